The Hall–Kier alpha value is -2.16. The zero-order valence-corrected chi connectivity index (χ0v) is 18.9. The third-order valence-corrected chi connectivity index (χ3v) is 5.74. The molecule has 0 radical (unpaired) electrons. The summed E-state index contributed by atoms with van der Waals surface area (Å²) >= 11 is 0. The van der Waals surface area contributed by atoms with Gasteiger partial charge in [0.15, 0.2) is 5.96 Å². The van der Waals surface area contributed by atoms with E-state index in [4.69, 9.17) is 4.99 Å². The topological polar surface area (TPSA) is 81.9 Å². The molecular formula is C21H38N8O. The molecule has 1 N–H and O–H groups in total. The van der Waals surface area contributed by atoms with Crippen LogP contribution < -0.4 is 5.32 Å². The van der Waals surface area contributed by atoms with Crippen molar-refractivity contribution in [1.29, 1.82) is 0 Å². The van der Waals surface area contributed by atoms with Gasteiger partial charge in [0, 0.05) is 65.3 Å². The number of nitrogens with one attached hydrogen (secondary N) is 1. The van der Waals surface area contributed by atoms with Crippen LogP contribution in [0.3, 0.4) is 0 Å². The van der Waals surface area contributed by atoms with E-state index < -0.39 is 0 Å². The summed E-state index contributed by atoms with van der Waals surface area (Å²) < 4.78 is 2.09. The maximum Gasteiger partial charge on any atom is 0.236 e. The van der Waals surface area contributed by atoms with Gasteiger partial charge >= 0.3 is 0 Å². The van der Waals surface area contributed by atoms with Crippen LogP contribution in [-0.2, 0) is 17.8 Å². The number of hydrogen-bond donors (Lipinski definition) is 1. The minimum Gasteiger partial charge on any atom is -0.354 e. The van der Waals surface area contributed by atoms with Gasteiger partial charge in [0.05, 0.1) is 6.54 Å². The fourth-order valence-electron chi connectivity index (χ4n) is 3.94. The molecule has 1 aromatic rings. The first-order valence-electron chi connectivity index (χ1n) is 11.5. The van der Waals surface area contributed by atoms with Crippen molar-refractivity contribution in [3.8, 4) is 0 Å². The maximum atomic E-state index is 12.4. The van der Waals surface area contributed by atoms with Crippen molar-refractivity contribution >= 4 is 11.9 Å². The Bertz CT molecular complexity index is 687. The molecule has 2 aliphatic rings. The van der Waals surface area contributed by atoms with E-state index in [0.29, 0.717) is 12.5 Å². The van der Waals surface area contributed by atoms with E-state index in [1.165, 1.54) is 0 Å². The van der Waals surface area contributed by atoms with Crippen molar-refractivity contribution in [3.63, 3.8) is 0 Å². The molecule has 2 fully saturated rings. The zero-order valence-electron chi connectivity index (χ0n) is 18.9. The molecule has 0 spiro atoms. The number of likely N-dealkylation sites (tertiary alicyclic amines) is 1. The predicted octanol–water partition coefficient (Wildman–Crippen LogP) is 0.682. The zero-order chi connectivity index (χ0) is 21.3. The van der Waals surface area contributed by atoms with E-state index in [1.807, 2.05) is 4.90 Å². The summed E-state index contributed by atoms with van der Waals surface area (Å²) in [4.78, 5) is 23.9. The van der Waals surface area contributed by atoms with E-state index in [0.717, 1.165) is 89.9 Å². The second-order valence-electron chi connectivity index (χ2n) is 8.63. The van der Waals surface area contributed by atoms with E-state index >= 15 is 0 Å². The molecule has 0 saturated carbocycles. The Balaban J connectivity index is 1.49. The number of hydrogen-bond acceptors (Lipinski definition) is 5. The van der Waals surface area contributed by atoms with Crippen LogP contribution in [-0.4, -0.2) is 100 Å². The molecule has 0 atom stereocenters. The number of carbonyl (C=O) groups is 1. The highest BCUT2D eigenvalue weighted by molar-refractivity contribution is 5.80. The number of rotatable bonds is 8. The highest BCUT2D eigenvalue weighted by Crippen LogP contribution is 2.10. The minimum absolute atomic E-state index is 0.286. The van der Waals surface area contributed by atoms with E-state index in [9.17, 15) is 4.79 Å². The second-order valence-corrected chi connectivity index (χ2v) is 8.63. The molecule has 1 amide bonds. The molecule has 3 rings (SSSR count). The van der Waals surface area contributed by atoms with Gasteiger partial charge in [-0.2, -0.15) is 0 Å². The standard InChI is InChI=1S/C21H38N8O/c1-4-19-25-24-17-29(19)10-7-22-21(23-15-18(2)3)28-13-11-26(12-14-28)16-20(30)27-8-5-6-9-27/h17-18H,4-16H2,1-3H3,(H,22,23). The molecule has 1 aromatic heterocycles. The summed E-state index contributed by atoms with van der Waals surface area (Å²) in [6, 6.07) is 0. The largest absolute Gasteiger partial charge is 0.354 e. The van der Waals surface area contributed by atoms with Crippen molar-refractivity contribution in [1.82, 2.24) is 34.8 Å². The molecule has 0 unspecified atom stereocenters. The van der Waals surface area contributed by atoms with Gasteiger partial charge < -0.3 is 19.7 Å². The quantitative estimate of drug-likeness (QED) is 0.494. The number of piperazine rings is 1. The van der Waals surface area contributed by atoms with Crippen LogP contribution in [0.25, 0.3) is 0 Å². The number of aryl methyl sites for hydroxylation is 1. The first kappa shape index (κ1) is 22.5. The number of guanidine groups is 1. The predicted molar refractivity (Wildman–Crippen MR) is 118 cm³/mol. The van der Waals surface area contributed by atoms with Crippen molar-refractivity contribution in [2.75, 3.05) is 58.9 Å². The second kappa shape index (κ2) is 11.3. The van der Waals surface area contributed by atoms with E-state index in [-0.39, 0.29) is 5.91 Å². The molecule has 0 aromatic carbocycles. The molecule has 168 valence electrons. The van der Waals surface area contributed by atoms with Crippen LogP contribution in [0.1, 0.15) is 39.4 Å². The highest BCUT2D eigenvalue weighted by atomic mass is 16.2. The molecule has 0 aliphatic carbocycles. The average Bonchev–Trinajstić information content (AvgIpc) is 3.43. The molecule has 9 heteroatoms. The maximum absolute atomic E-state index is 12.4. The Kier molecular flexibility index (Phi) is 8.48. The number of carbonyl (C=O) groups excluding carboxylic acids is 1. The van der Waals surface area contributed by atoms with Gasteiger partial charge in [-0.25, -0.2) is 0 Å². The van der Waals surface area contributed by atoms with Gasteiger partial charge in [0.25, 0.3) is 0 Å². The summed E-state index contributed by atoms with van der Waals surface area (Å²) in [5, 5.41) is 11.7. The number of aliphatic imine (C=N–C) groups is 1. The molecule has 3 heterocycles. The smallest absolute Gasteiger partial charge is 0.236 e. The average molecular weight is 419 g/mol. The third kappa shape index (κ3) is 6.42. The van der Waals surface area contributed by atoms with E-state index in [2.05, 4.69) is 50.7 Å². The first-order chi connectivity index (χ1) is 14.6. The Labute approximate surface area is 180 Å². The van der Waals surface area contributed by atoms with Crippen LogP contribution in [0.4, 0.5) is 0 Å². The molecular weight excluding hydrogens is 380 g/mol. The third-order valence-electron chi connectivity index (χ3n) is 5.74. The fraction of sp³-hybridized carbons (Fsp3) is 0.810. The lowest BCUT2D eigenvalue weighted by Crippen LogP contribution is -2.54. The lowest BCUT2D eigenvalue weighted by atomic mass is 10.2. The SMILES string of the molecule is CCc1nncn1CCNC(=NCC(C)C)N1CCN(CC(=O)N2CCCC2)CC1. The number of nitrogens with zero attached hydrogens (tertiary/aromatic N) is 7. The van der Waals surface area contributed by atoms with Crippen molar-refractivity contribution in [2.45, 2.75) is 46.6 Å². The molecule has 2 saturated heterocycles. The lowest BCUT2D eigenvalue weighted by Gasteiger charge is -2.37. The van der Waals surface area contributed by atoms with Crippen LogP contribution in [0.15, 0.2) is 11.3 Å². The molecule has 9 nitrogen and oxygen atoms in total. The summed E-state index contributed by atoms with van der Waals surface area (Å²) in [6.45, 7) is 14.9. The van der Waals surface area contributed by atoms with Gasteiger partial charge in [-0.1, -0.05) is 20.8 Å². The lowest BCUT2D eigenvalue weighted by molar-refractivity contribution is -0.131. The van der Waals surface area contributed by atoms with Crippen LogP contribution in [0.5, 0.6) is 0 Å². The van der Waals surface area contributed by atoms with Crippen molar-refractivity contribution in [2.24, 2.45) is 10.9 Å². The van der Waals surface area contributed by atoms with Crippen LogP contribution in [0.2, 0.25) is 0 Å². The van der Waals surface area contributed by atoms with Crippen LogP contribution >= 0.6 is 0 Å². The number of amides is 1. The summed E-state index contributed by atoms with van der Waals surface area (Å²) in [5.74, 6) is 2.79. The van der Waals surface area contributed by atoms with Gasteiger partial charge in [-0.05, 0) is 18.8 Å². The molecule has 2 aliphatic heterocycles. The highest BCUT2D eigenvalue weighted by Gasteiger charge is 2.24. The summed E-state index contributed by atoms with van der Waals surface area (Å²) in [7, 11) is 0. The fourth-order valence-corrected chi connectivity index (χ4v) is 3.94. The van der Waals surface area contributed by atoms with Gasteiger partial charge in [-0.3, -0.25) is 14.7 Å². The minimum atomic E-state index is 0.286. The monoisotopic (exact) mass is 418 g/mol. The normalized spacial score (nSPS) is 18.5. The van der Waals surface area contributed by atoms with Gasteiger partial charge in [0.1, 0.15) is 12.2 Å². The van der Waals surface area contributed by atoms with Gasteiger partial charge in [0.2, 0.25) is 5.91 Å². The van der Waals surface area contributed by atoms with Crippen molar-refractivity contribution < 1.29 is 4.79 Å². The summed E-state index contributed by atoms with van der Waals surface area (Å²) in [6.07, 6.45) is 4.97. The summed E-state index contributed by atoms with van der Waals surface area (Å²) in [5.41, 5.74) is 0. The van der Waals surface area contributed by atoms with Crippen molar-refractivity contribution in [3.05, 3.63) is 12.2 Å². The Morgan fingerprint density at radius 1 is 1.13 bits per heavy atom. The van der Waals surface area contributed by atoms with E-state index in [1.54, 1.807) is 6.33 Å². The van der Waals surface area contributed by atoms with Gasteiger partial charge in [-0.15, -0.1) is 10.2 Å². The van der Waals surface area contributed by atoms with Crippen LogP contribution in [0, 0.1) is 5.92 Å². The Morgan fingerprint density at radius 2 is 1.87 bits per heavy atom. The number of aromatic nitrogens is 3. The Morgan fingerprint density at radius 3 is 2.53 bits per heavy atom. The molecule has 30 heavy (non-hydrogen) atoms. The molecule has 0 bridgehead atoms. The first-order valence-corrected chi connectivity index (χ1v) is 11.5.